The molecule has 0 radical (unpaired) electrons. The number of aliphatic imine (C=N–C) groups is 1. The van der Waals surface area contributed by atoms with Crippen LogP contribution < -0.4 is 10.4 Å². The fraction of sp³-hybridized carbons (Fsp3) is 0.300. The van der Waals surface area contributed by atoms with Gasteiger partial charge in [0, 0.05) is 0 Å². The molecule has 0 saturated carbocycles. The van der Waals surface area contributed by atoms with Crippen molar-refractivity contribution in [3.8, 4) is 17.4 Å². The Labute approximate surface area is 161 Å². The lowest BCUT2D eigenvalue weighted by molar-refractivity contribution is -0.143. The van der Waals surface area contributed by atoms with Crippen LogP contribution >= 0.6 is 0 Å². The number of rotatable bonds is 4. The number of esters is 1. The first-order chi connectivity index (χ1) is 12.9. The lowest BCUT2D eigenvalue weighted by Gasteiger charge is -2.16. The van der Waals surface area contributed by atoms with Gasteiger partial charge in [-0.15, -0.1) is 0 Å². The first-order valence-electron chi connectivity index (χ1n) is 8.39. The summed E-state index contributed by atoms with van der Waals surface area (Å²) in [6.07, 6.45) is 0. The molecule has 0 atom stereocenters. The van der Waals surface area contributed by atoms with E-state index < -0.39 is 34.1 Å². The predicted octanol–water partition coefficient (Wildman–Crippen LogP) is 3.35. The molecule has 2 rings (SSSR count). The molecule has 0 aliphatic heterocycles. The van der Waals surface area contributed by atoms with Crippen molar-refractivity contribution >= 4 is 23.2 Å². The third-order valence-electron chi connectivity index (χ3n) is 3.75. The summed E-state index contributed by atoms with van der Waals surface area (Å²) < 4.78 is 9.88. The van der Waals surface area contributed by atoms with Crippen molar-refractivity contribution in [1.29, 1.82) is 0 Å². The molecule has 0 bridgehead atoms. The van der Waals surface area contributed by atoms with Gasteiger partial charge >= 0.3 is 11.6 Å². The minimum Gasteiger partial charge on any atom is -0.506 e. The predicted molar refractivity (Wildman–Crippen MR) is 102 cm³/mol. The van der Waals surface area contributed by atoms with Gasteiger partial charge in [-0.25, -0.2) is 4.79 Å². The largest absolute Gasteiger partial charge is 0.506 e. The summed E-state index contributed by atoms with van der Waals surface area (Å²) in [7, 11) is 0. The lowest BCUT2D eigenvalue weighted by Crippen LogP contribution is -2.25. The topological polar surface area (TPSA) is 126 Å². The van der Waals surface area contributed by atoms with Gasteiger partial charge in [0.05, 0.1) is 16.8 Å². The summed E-state index contributed by atoms with van der Waals surface area (Å²) in [5, 5.41) is 19.8. The Kier molecular flexibility index (Phi) is 5.72. The maximum atomic E-state index is 12.0. The number of hydrogen-bond donors (Lipinski definition) is 2. The van der Waals surface area contributed by atoms with Crippen molar-refractivity contribution in [1.82, 2.24) is 0 Å². The molecule has 148 valence electrons. The van der Waals surface area contributed by atoms with E-state index >= 15 is 0 Å². The van der Waals surface area contributed by atoms with E-state index in [1.165, 1.54) is 19.1 Å². The second-order valence-electron chi connectivity index (χ2n) is 7.18. The van der Waals surface area contributed by atoms with E-state index in [1.54, 1.807) is 32.9 Å². The minimum atomic E-state index is -1.03. The highest BCUT2D eigenvalue weighted by atomic mass is 16.5. The smallest absolute Gasteiger partial charge is 0.351 e. The summed E-state index contributed by atoms with van der Waals surface area (Å²) in [5.74, 6) is -2.36. The fourth-order valence-corrected chi connectivity index (χ4v) is 2.25. The molecule has 1 heterocycles. The van der Waals surface area contributed by atoms with E-state index in [0.717, 1.165) is 6.92 Å². The molecule has 0 spiro atoms. The highest BCUT2D eigenvalue weighted by Gasteiger charge is 2.25. The normalized spacial score (nSPS) is 12.0. The van der Waals surface area contributed by atoms with Crippen molar-refractivity contribution in [2.75, 3.05) is 0 Å². The average molecular weight is 387 g/mol. The van der Waals surface area contributed by atoms with Gasteiger partial charge in [0.15, 0.2) is 5.78 Å². The van der Waals surface area contributed by atoms with Crippen molar-refractivity contribution in [2.45, 2.75) is 34.6 Å². The van der Waals surface area contributed by atoms with Crippen LogP contribution in [0.5, 0.6) is 17.4 Å². The number of aromatic hydroxyl groups is 2. The first-order valence-corrected chi connectivity index (χ1v) is 8.39. The van der Waals surface area contributed by atoms with E-state index in [4.69, 9.17) is 4.74 Å². The fourth-order valence-electron chi connectivity index (χ4n) is 2.25. The third kappa shape index (κ3) is 4.46. The van der Waals surface area contributed by atoms with E-state index in [-0.39, 0.29) is 17.2 Å². The molecule has 1 aromatic carbocycles. The van der Waals surface area contributed by atoms with E-state index in [0.29, 0.717) is 11.4 Å². The van der Waals surface area contributed by atoms with Crippen LogP contribution in [0.3, 0.4) is 0 Å². The standard InChI is InChI=1S/C20H21NO7/c1-10(14-16(23)15(11(2)22)18(25)28-17(14)24)21-12-6-8-13(9-7-12)27-19(26)20(3,4)5/h6-9,23,25H,1-5H3. The van der Waals surface area contributed by atoms with Crippen LogP contribution in [0.15, 0.2) is 38.5 Å². The zero-order chi connectivity index (χ0) is 21.2. The SMILES string of the molecule is CC(=O)c1c(O)oc(=O)c(C(C)=Nc2ccc(OC(=O)C(C)(C)C)cc2)c1O. The van der Waals surface area contributed by atoms with Gasteiger partial charge < -0.3 is 19.4 Å². The first kappa shape index (κ1) is 20.9. The molecule has 0 amide bonds. The lowest BCUT2D eigenvalue weighted by atomic mass is 9.97. The van der Waals surface area contributed by atoms with Gasteiger partial charge in [-0.05, 0) is 58.9 Å². The van der Waals surface area contributed by atoms with Crippen LogP contribution in [-0.4, -0.2) is 27.7 Å². The summed E-state index contributed by atoms with van der Waals surface area (Å²) in [4.78, 5) is 39.7. The number of ketones is 1. The summed E-state index contributed by atoms with van der Waals surface area (Å²) in [5.41, 5.74) is -2.01. The number of Topliss-reactive ketones (excluding diaryl/α,β-unsaturated/α-hetero) is 1. The molecule has 1 aromatic heterocycles. The van der Waals surface area contributed by atoms with Crippen LogP contribution in [0, 0.1) is 5.41 Å². The number of carbonyl (C=O) groups excluding carboxylic acids is 2. The van der Waals surface area contributed by atoms with E-state index in [1.807, 2.05) is 0 Å². The second-order valence-corrected chi connectivity index (χ2v) is 7.18. The number of hydrogen-bond acceptors (Lipinski definition) is 8. The molecule has 8 heteroatoms. The van der Waals surface area contributed by atoms with Crippen molar-refractivity contribution in [2.24, 2.45) is 10.4 Å². The Bertz CT molecular complexity index is 1010. The van der Waals surface area contributed by atoms with Crippen LogP contribution in [0.2, 0.25) is 0 Å². The van der Waals surface area contributed by atoms with Gasteiger partial charge in [0.1, 0.15) is 22.6 Å². The summed E-state index contributed by atoms with van der Waals surface area (Å²) in [6, 6.07) is 6.19. The Morgan fingerprint density at radius 3 is 2.11 bits per heavy atom. The van der Waals surface area contributed by atoms with Crippen molar-refractivity contribution in [3.63, 3.8) is 0 Å². The second kappa shape index (κ2) is 7.67. The van der Waals surface area contributed by atoms with Gasteiger partial charge in [-0.3, -0.25) is 14.6 Å². The quantitative estimate of drug-likeness (QED) is 0.356. The molecule has 0 aliphatic rings. The molecule has 0 aliphatic carbocycles. The van der Waals surface area contributed by atoms with Crippen molar-refractivity contribution < 1.29 is 29.0 Å². The maximum absolute atomic E-state index is 12.0. The Morgan fingerprint density at radius 1 is 1.04 bits per heavy atom. The molecule has 0 fully saturated rings. The number of carbonyl (C=O) groups is 2. The van der Waals surface area contributed by atoms with Gasteiger partial charge in [-0.2, -0.15) is 0 Å². The Balaban J connectivity index is 2.37. The monoisotopic (exact) mass is 387 g/mol. The molecule has 0 saturated heterocycles. The molecule has 2 N–H and O–H groups in total. The number of ether oxygens (including phenoxy) is 1. The van der Waals surface area contributed by atoms with Gasteiger partial charge in [-0.1, -0.05) is 0 Å². The molecular weight excluding hydrogens is 366 g/mol. The molecule has 28 heavy (non-hydrogen) atoms. The highest BCUT2D eigenvalue weighted by molar-refractivity contribution is 6.07. The third-order valence-corrected chi connectivity index (χ3v) is 3.75. The molecule has 2 aromatic rings. The minimum absolute atomic E-state index is 0.0770. The summed E-state index contributed by atoms with van der Waals surface area (Å²) in [6.45, 7) is 7.77. The van der Waals surface area contributed by atoms with E-state index in [9.17, 15) is 24.6 Å². The van der Waals surface area contributed by atoms with Crippen molar-refractivity contribution in [3.05, 3.63) is 45.8 Å². The van der Waals surface area contributed by atoms with Crippen LogP contribution in [0.1, 0.15) is 50.5 Å². The van der Waals surface area contributed by atoms with Crippen LogP contribution in [0.25, 0.3) is 0 Å². The van der Waals surface area contributed by atoms with E-state index in [2.05, 4.69) is 9.41 Å². The van der Waals surface area contributed by atoms with Gasteiger partial charge in [0.2, 0.25) is 0 Å². The Hall–Kier alpha value is -3.42. The Morgan fingerprint density at radius 2 is 1.61 bits per heavy atom. The maximum Gasteiger partial charge on any atom is 0.351 e. The molecular formula is C20H21NO7. The average Bonchev–Trinajstić information content (AvgIpc) is 2.54. The highest BCUT2D eigenvalue weighted by Crippen LogP contribution is 2.30. The van der Waals surface area contributed by atoms with Crippen LogP contribution in [-0.2, 0) is 4.79 Å². The van der Waals surface area contributed by atoms with Gasteiger partial charge in [0.25, 0.3) is 5.95 Å². The summed E-state index contributed by atoms with van der Waals surface area (Å²) >= 11 is 0. The molecule has 0 unspecified atom stereocenters. The number of nitrogens with zero attached hydrogens (tertiary/aromatic N) is 1. The zero-order valence-corrected chi connectivity index (χ0v) is 16.2. The zero-order valence-electron chi connectivity index (χ0n) is 16.2. The number of benzene rings is 1. The molecule has 8 nitrogen and oxygen atoms in total. The van der Waals surface area contributed by atoms with Crippen LogP contribution in [0.4, 0.5) is 5.69 Å².